The van der Waals surface area contributed by atoms with Crippen LogP contribution in [0.5, 0.6) is 0 Å². The second kappa shape index (κ2) is 8.41. The Kier molecular flexibility index (Phi) is 5.55. The van der Waals surface area contributed by atoms with E-state index in [4.69, 9.17) is 9.47 Å². The smallest absolute Gasteiger partial charge is 0.351 e. The Morgan fingerprint density at radius 2 is 1.71 bits per heavy atom. The summed E-state index contributed by atoms with van der Waals surface area (Å²) in [4.78, 5) is 28.2. The van der Waals surface area contributed by atoms with Gasteiger partial charge in [0.15, 0.2) is 0 Å². The number of nitrogens with zero attached hydrogens (tertiary/aromatic N) is 2. The standard InChI is InChI=1S/C21H20N2O4S/c24-20(23-11-13-26-14-12-23)18(16-6-2-1-3-7-16)27-21(25)19-17(8-15-28-19)22-9-4-5-10-22/h1-10,15,18H,11-14H2. The highest BCUT2D eigenvalue weighted by atomic mass is 32.1. The largest absolute Gasteiger partial charge is 0.443 e. The Morgan fingerprint density at radius 3 is 2.43 bits per heavy atom. The van der Waals surface area contributed by atoms with Crippen molar-refractivity contribution in [2.45, 2.75) is 6.10 Å². The highest BCUT2D eigenvalue weighted by Gasteiger charge is 2.31. The lowest BCUT2D eigenvalue weighted by molar-refractivity contribution is -0.145. The number of hydrogen-bond donors (Lipinski definition) is 0. The average Bonchev–Trinajstić information content (AvgIpc) is 3.44. The maximum atomic E-state index is 13.1. The van der Waals surface area contributed by atoms with Gasteiger partial charge >= 0.3 is 5.97 Å². The van der Waals surface area contributed by atoms with Gasteiger partial charge in [0.1, 0.15) is 4.88 Å². The van der Waals surface area contributed by atoms with Crippen LogP contribution in [-0.2, 0) is 14.3 Å². The molecule has 1 saturated heterocycles. The quantitative estimate of drug-likeness (QED) is 0.621. The van der Waals surface area contributed by atoms with Gasteiger partial charge in [0.2, 0.25) is 6.10 Å². The van der Waals surface area contributed by atoms with Crippen molar-refractivity contribution in [2.24, 2.45) is 0 Å². The number of aromatic nitrogens is 1. The maximum absolute atomic E-state index is 13.1. The van der Waals surface area contributed by atoms with Crippen LogP contribution in [0.25, 0.3) is 5.69 Å². The van der Waals surface area contributed by atoms with Crippen LogP contribution in [0, 0.1) is 0 Å². The normalized spacial score (nSPS) is 15.2. The molecule has 0 radical (unpaired) electrons. The number of esters is 1. The van der Waals surface area contributed by atoms with Crippen LogP contribution >= 0.6 is 11.3 Å². The van der Waals surface area contributed by atoms with Crippen molar-refractivity contribution >= 4 is 23.2 Å². The number of ether oxygens (including phenoxy) is 2. The molecule has 1 aliphatic rings. The molecule has 1 amide bonds. The predicted octanol–water partition coefficient (Wildman–Crippen LogP) is 3.30. The van der Waals surface area contributed by atoms with Crippen molar-refractivity contribution in [2.75, 3.05) is 26.3 Å². The Balaban J connectivity index is 1.60. The Morgan fingerprint density at radius 1 is 1.00 bits per heavy atom. The third kappa shape index (κ3) is 3.85. The highest BCUT2D eigenvalue weighted by molar-refractivity contribution is 7.12. The fraction of sp³-hybridized carbons (Fsp3) is 0.238. The number of rotatable bonds is 5. The summed E-state index contributed by atoms with van der Waals surface area (Å²) in [5, 5.41) is 1.84. The van der Waals surface area contributed by atoms with Crippen molar-refractivity contribution in [3.63, 3.8) is 0 Å². The van der Waals surface area contributed by atoms with Gasteiger partial charge in [-0.15, -0.1) is 11.3 Å². The molecule has 144 valence electrons. The van der Waals surface area contributed by atoms with Crippen LogP contribution < -0.4 is 0 Å². The third-order valence-corrected chi connectivity index (χ3v) is 5.47. The van der Waals surface area contributed by atoms with Crippen LogP contribution in [0.2, 0.25) is 0 Å². The first-order valence-corrected chi connectivity index (χ1v) is 9.95. The van der Waals surface area contributed by atoms with E-state index in [1.165, 1.54) is 11.3 Å². The molecule has 0 saturated carbocycles. The molecule has 28 heavy (non-hydrogen) atoms. The summed E-state index contributed by atoms with van der Waals surface area (Å²) in [6.45, 7) is 1.97. The van der Waals surface area contributed by atoms with E-state index in [-0.39, 0.29) is 5.91 Å². The van der Waals surface area contributed by atoms with Crippen molar-refractivity contribution < 1.29 is 19.1 Å². The van der Waals surface area contributed by atoms with Crippen molar-refractivity contribution in [1.82, 2.24) is 9.47 Å². The van der Waals surface area contributed by atoms with E-state index in [1.54, 1.807) is 17.0 Å². The lowest BCUT2D eigenvalue weighted by Gasteiger charge is -2.30. The highest BCUT2D eigenvalue weighted by Crippen LogP contribution is 2.27. The number of amides is 1. The summed E-state index contributed by atoms with van der Waals surface area (Å²) in [5.41, 5.74) is 1.40. The lowest BCUT2D eigenvalue weighted by atomic mass is 10.1. The molecule has 1 aromatic carbocycles. The van der Waals surface area contributed by atoms with Crippen LogP contribution in [0.1, 0.15) is 21.3 Å². The zero-order valence-electron chi connectivity index (χ0n) is 15.2. The van der Waals surface area contributed by atoms with Gasteiger partial charge in [-0.1, -0.05) is 30.3 Å². The van der Waals surface area contributed by atoms with Gasteiger partial charge in [0.25, 0.3) is 5.91 Å². The molecule has 3 aromatic rings. The van der Waals surface area contributed by atoms with E-state index in [0.29, 0.717) is 36.7 Å². The number of benzene rings is 1. The number of thiophene rings is 1. The number of carbonyl (C=O) groups is 2. The van der Waals surface area contributed by atoms with Gasteiger partial charge in [-0.2, -0.15) is 0 Å². The molecule has 1 aliphatic heterocycles. The van der Waals surface area contributed by atoms with E-state index in [9.17, 15) is 9.59 Å². The second-order valence-corrected chi connectivity index (χ2v) is 7.28. The second-order valence-electron chi connectivity index (χ2n) is 6.36. The van der Waals surface area contributed by atoms with Gasteiger partial charge in [-0.05, 0) is 23.6 Å². The average molecular weight is 396 g/mol. The van der Waals surface area contributed by atoms with Gasteiger partial charge in [-0.25, -0.2) is 4.79 Å². The summed E-state index contributed by atoms with van der Waals surface area (Å²) < 4.78 is 12.9. The number of hydrogen-bond acceptors (Lipinski definition) is 5. The molecule has 0 bridgehead atoms. The molecule has 0 aliphatic carbocycles. The summed E-state index contributed by atoms with van der Waals surface area (Å²) in [6.07, 6.45) is 2.75. The minimum atomic E-state index is -0.980. The molecule has 2 aromatic heterocycles. The molecule has 4 rings (SSSR count). The zero-order chi connectivity index (χ0) is 19.3. The molecule has 0 N–H and O–H groups in total. The van der Waals surface area contributed by atoms with Crippen LogP contribution in [0.4, 0.5) is 0 Å². The van der Waals surface area contributed by atoms with E-state index in [2.05, 4.69) is 0 Å². The first kappa shape index (κ1) is 18.5. The van der Waals surface area contributed by atoms with E-state index in [1.807, 2.05) is 58.7 Å². The third-order valence-electron chi connectivity index (χ3n) is 4.59. The molecular weight excluding hydrogens is 376 g/mol. The van der Waals surface area contributed by atoms with Gasteiger partial charge in [0, 0.05) is 31.0 Å². The number of carbonyl (C=O) groups excluding carboxylic acids is 2. The molecule has 1 fully saturated rings. The van der Waals surface area contributed by atoms with Gasteiger partial charge in [-0.3, -0.25) is 4.79 Å². The first-order chi connectivity index (χ1) is 13.7. The topological polar surface area (TPSA) is 60.8 Å². The fourth-order valence-electron chi connectivity index (χ4n) is 3.15. The Hall–Kier alpha value is -2.90. The van der Waals surface area contributed by atoms with E-state index >= 15 is 0 Å². The zero-order valence-corrected chi connectivity index (χ0v) is 16.0. The first-order valence-electron chi connectivity index (χ1n) is 9.07. The maximum Gasteiger partial charge on any atom is 0.351 e. The fourth-order valence-corrected chi connectivity index (χ4v) is 3.92. The van der Waals surface area contributed by atoms with Gasteiger partial charge < -0.3 is 18.9 Å². The van der Waals surface area contributed by atoms with Crippen molar-refractivity contribution in [3.8, 4) is 5.69 Å². The molecule has 1 atom stereocenters. The number of morpholine rings is 1. The van der Waals surface area contributed by atoms with Crippen molar-refractivity contribution in [3.05, 3.63) is 76.7 Å². The Bertz CT molecular complexity index is 930. The minimum Gasteiger partial charge on any atom is -0.443 e. The summed E-state index contributed by atoms with van der Waals surface area (Å²) >= 11 is 1.30. The van der Waals surface area contributed by atoms with Crippen LogP contribution in [-0.4, -0.2) is 47.6 Å². The summed E-state index contributed by atoms with van der Waals surface area (Å²) in [7, 11) is 0. The monoisotopic (exact) mass is 396 g/mol. The van der Waals surface area contributed by atoms with Crippen LogP contribution in [0.3, 0.4) is 0 Å². The van der Waals surface area contributed by atoms with E-state index < -0.39 is 12.1 Å². The van der Waals surface area contributed by atoms with Crippen LogP contribution in [0.15, 0.2) is 66.3 Å². The lowest BCUT2D eigenvalue weighted by Crippen LogP contribution is -2.44. The van der Waals surface area contributed by atoms with Gasteiger partial charge in [0.05, 0.1) is 18.9 Å². The molecule has 6 nitrogen and oxygen atoms in total. The molecule has 3 heterocycles. The minimum absolute atomic E-state index is 0.220. The SMILES string of the molecule is O=C(OC(C(=O)N1CCOCC1)c1ccccc1)c1sccc1-n1cccc1. The summed E-state index contributed by atoms with van der Waals surface area (Å²) in [5.74, 6) is -0.726. The van der Waals surface area contributed by atoms with Crippen molar-refractivity contribution in [1.29, 1.82) is 0 Å². The molecule has 7 heteroatoms. The molecule has 0 spiro atoms. The summed E-state index contributed by atoms with van der Waals surface area (Å²) in [6, 6.07) is 14.8. The predicted molar refractivity (Wildman–Crippen MR) is 106 cm³/mol. The molecule has 1 unspecified atom stereocenters. The van der Waals surface area contributed by atoms with E-state index in [0.717, 1.165) is 5.69 Å². The Labute approximate surface area is 166 Å². The molecular formula is C21H20N2O4S.